The molecule has 0 saturated carbocycles. The smallest absolute Gasteiger partial charge is 0.316 e. The zero-order valence-electron chi connectivity index (χ0n) is 12.7. The summed E-state index contributed by atoms with van der Waals surface area (Å²) in [5.41, 5.74) is -0.592. The molecule has 0 heterocycles. The van der Waals surface area contributed by atoms with Gasteiger partial charge in [-0.05, 0) is 55.3 Å². The van der Waals surface area contributed by atoms with Crippen LogP contribution in [0.3, 0.4) is 0 Å². The Balaban J connectivity index is 2.39. The Morgan fingerprint density at radius 3 is 2.36 bits per heavy atom. The van der Waals surface area contributed by atoms with Gasteiger partial charge in [0, 0.05) is 0 Å². The summed E-state index contributed by atoms with van der Waals surface area (Å²) in [7, 11) is -4.27. The van der Waals surface area contributed by atoms with E-state index in [1.165, 1.54) is 12.1 Å². The van der Waals surface area contributed by atoms with Gasteiger partial charge in [-0.15, -0.1) is 0 Å². The lowest BCUT2D eigenvalue weighted by atomic mass is 9.91. The third kappa shape index (κ3) is 3.45. The fourth-order valence-electron chi connectivity index (χ4n) is 1.82. The van der Waals surface area contributed by atoms with Crippen LogP contribution in [0.2, 0.25) is 0 Å². The molecule has 1 N–H and O–H groups in total. The third-order valence-corrected chi connectivity index (χ3v) is 4.58. The zero-order chi connectivity index (χ0) is 16.5. The van der Waals surface area contributed by atoms with Crippen molar-refractivity contribution in [2.45, 2.75) is 32.1 Å². The number of fused-ring (bicyclic) bond motifs is 1. The molecule has 118 valence electrons. The van der Waals surface area contributed by atoms with Gasteiger partial charge in [-0.25, -0.2) is 0 Å². The summed E-state index contributed by atoms with van der Waals surface area (Å²) in [6.07, 6.45) is 0.645. The molecule has 0 aliphatic heterocycles. The molecule has 2 rings (SSSR count). The monoisotopic (exact) mass is 322 g/mol. The van der Waals surface area contributed by atoms with E-state index in [1.807, 2.05) is 6.92 Å². The zero-order valence-corrected chi connectivity index (χ0v) is 13.5. The third-order valence-electron chi connectivity index (χ3n) is 3.73. The molecule has 0 atom stereocenters. The van der Waals surface area contributed by atoms with Gasteiger partial charge in [0.25, 0.3) is 10.1 Å². The van der Waals surface area contributed by atoms with Crippen molar-refractivity contribution >= 4 is 26.9 Å². The minimum atomic E-state index is -4.27. The number of hydrogen-bond donors (Lipinski definition) is 1. The first-order valence-corrected chi connectivity index (χ1v) is 8.31. The Kier molecular flexibility index (Phi) is 4.26. The molecule has 5 nitrogen and oxygen atoms in total. The van der Waals surface area contributed by atoms with Crippen molar-refractivity contribution in [1.29, 1.82) is 0 Å². The first-order valence-electron chi connectivity index (χ1n) is 6.87. The van der Waals surface area contributed by atoms with Crippen LogP contribution >= 0.6 is 0 Å². The van der Waals surface area contributed by atoms with Crippen molar-refractivity contribution in [2.24, 2.45) is 5.41 Å². The average Bonchev–Trinajstić information content (AvgIpc) is 2.45. The van der Waals surface area contributed by atoms with Gasteiger partial charge in [0.05, 0.1) is 10.3 Å². The van der Waals surface area contributed by atoms with E-state index in [-0.39, 0.29) is 10.9 Å². The van der Waals surface area contributed by atoms with Crippen LogP contribution in [0.4, 0.5) is 0 Å². The topological polar surface area (TPSA) is 80.7 Å². The van der Waals surface area contributed by atoms with Crippen LogP contribution in [0.25, 0.3) is 10.8 Å². The van der Waals surface area contributed by atoms with Crippen LogP contribution < -0.4 is 4.74 Å². The van der Waals surface area contributed by atoms with Crippen LogP contribution in [0, 0.1) is 5.41 Å². The standard InChI is InChI=1S/C16H18O5S/c1-4-16(2,3)15(17)21-13-7-5-11-6-8-14(22(18,19)20)10-12(11)9-13/h5-10H,4H2,1-3H3,(H,18,19,20). The van der Waals surface area contributed by atoms with Crippen LogP contribution in [0.1, 0.15) is 27.2 Å². The van der Waals surface area contributed by atoms with E-state index >= 15 is 0 Å². The van der Waals surface area contributed by atoms with Crippen LogP contribution in [0.15, 0.2) is 41.3 Å². The predicted octanol–water partition coefficient (Wildman–Crippen LogP) is 3.43. The van der Waals surface area contributed by atoms with Gasteiger partial charge in [-0.1, -0.05) is 19.1 Å². The fourth-order valence-corrected chi connectivity index (χ4v) is 2.33. The molecule has 2 aromatic rings. The lowest BCUT2D eigenvalue weighted by Crippen LogP contribution is -2.28. The fraction of sp³-hybridized carbons (Fsp3) is 0.312. The van der Waals surface area contributed by atoms with Gasteiger partial charge in [0.15, 0.2) is 0 Å². The number of ether oxygens (including phenoxy) is 1. The summed E-state index contributed by atoms with van der Waals surface area (Å²) in [6, 6.07) is 9.20. The number of hydrogen-bond acceptors (Lipinski definition) is 4. The average molecular weight is 322 g/mol. The molecule has 0 aromatic heterocycles. The normalized spacial score (nSPS) is 12.4. The minimum Gasteiger partial charge on any atom is -0.426 e. The second kappa shape index (κ2) is 5.70. The molecule has 0 fully saturated rings. The van der Waals surface area contributed by atoms with Gasteiger partial charge in [-0.2, -0.15) is 8.42 Å². The first-order chi connectivity index (χ1) is 10.1. The largest absolute Gasteiger partial charge is 0.426 e. The van der Waals surface area contributed by atoms with E-state index in [2.05, 4.69) is 0 Å². The number of esters is 1. The SMILES string of the molecule is CCC(C)(C)C(=O)Oc1ccc2ccc(S(=O)(=O)O)cc2c1. The molecule has 0 amide bonds. The Bertz CT molecular complexity index is 822. The lowest BCUT2D eigenvalue weighted by Gasteiger charge is -2.20. The van der Waals surface area contributed by atoms with E-state index in [9.17, 15) is 13.2 Å². The molecule has 0 spiro atoms. The second-order valence-electron chi connectivity index (χ2n) is 5.77. The molecule has 0 unspecified atom stereocenters. The Labute approximate surface area is 129 Å². The van der Waals surface area contributed by atoms with E-state index < -0.39 is 15.5 Å². The molecule has 0 aliphatic rings. The van der Waals surface area contributed by atoms with E-state index in [1.54, 1.807) is 38.1 Å². The quantitative estimate of drug-likeness (QED) is 0.530. The van der Waals surface area contributed by atoms with Crippen molar-refractivity contribution in [2.75, 3.05) is 0 Å². The highest BCUT2D eigenvalue weighted by Crippen LogP contribution is 2.27. The molecule has 0 radical (unpaired) electrons. The van der Waals surface area contributed by atoms with Gasteiger partial charge >= 0.3 is 5.97 Å². The maximum atomic E-state index is 12.1. The Hall–Kier alpha value is -1.92. The lowest BCUT2D eigenvalue weighted by molar-refractivity contribution is -0.144. The summed E-state index contributed by atoms with van der Waals surface area (Å²) in [5.74, 6) is -0.00760. The minimum absolute atomic E-state index is 0.197. The van der Waals surface area contributed by atoms with Crippen LogP contribution in [-0.2, 0) is 14.9 Å². The van der Waals surface area contributed by atoms with Gasteiger partial charge in [0.2, 0.25) is 0 Å². The molecule has 0 aliphatic carbocycles. The number of rotatable bonds is 4. The number of carbonyl (C=O) groups is 1. The highest BCUT2D eigenvalue weighted by atomic mass is 32.2. The van der Waals surface area contributed by atoms with Crippen molar-refractivity contribution in [3.63, 3.8) is 0 Å². The molecule has 0 saturated heterocycles. The molecule has 22 heavy (non-hydrogen) atoms. The summed E-state index contributed by atoms with van der Waals surface area (Å²) in [5, 5.41) is 1.34. The van der Waals surface area contributed by atoms with Crippen molar-refractivity contribution in [3.8, 4) is 5.75 Å². The first kappa shape index (κ1) is 16.5. The maximum Gasteiger partial charge on any atom is 0.316 e. The van der Waals surface area contributed by atoms with E-state index in [0.717, 1.165) is 5.39 Å². The van der Waals surface area contributed by atoms with E-state index in [0.29, 0.717) is 17.6 Å². The molecule has 6 heteroatoms. The second-order valence-corrected chi connectivity index (χ2v) is 7.19. The summed E-state index contributed by atoms with van der Waals surface area (Å²) in [6.45, 7) is 5.50. The molecule has 0 bridgehead atoms. The van der Waals surface area contributed by atoms with Crippen molar-refractivity contribution in [1.82, 2.24) is 0 Å². The molecular formula is C16H18O5S. The predicted molar refractivity (Wildman–Crippen MR) is 83.5 cm³/mol. The van der Waals surface area contributed by atoms with Crippen molar-refractivity contribution < 1.29 is 22.5 Å². The van der Waals surface area contributed by atoms with E-state index in [4.69, 9.17) is 9.29 Å². The maximum absolute atomic E-state index is 12.1. The highest BCUT2D eigenvalue weighted by molar-refractivity contribution is 7.85. The highest BCUT2D eigenvalue weighted by Gasteiger charge is 2.27. The van der Waals surface area contributed by atoms with Gasteiger partial charge in [-0.3, -0.25) is 9.35 Å². The summed E-state index contributed by atoms with van der Waals surface area (Å²) >= 11 is 0. The summed E-state index contributed by atoms with van der Waals surface area (Å²) in [4.78, 5) is 11.9. The van der Waals surface area contributed by atoms with Gasteiger partial charge in [0.1, 0.15) is 5.75 Å². The number of benzene rings is 2. The Morgan fingerprint density at radius 2 is 1.77 bits per heavy atom. The summed E-state index contributed by atoms with van der Waals surface area (Å²) < 4.78 is 36.8. The van der Waals surface area contributed by atoms with Crippen LogP contribution in [-0.4, -0.2) is 18.9 Å². The number of carbonyl (C=O) groups excluding carboxylic acids is 1. The van der Waals surface area contributed by atoms with Crippen LogP contribution in [0.5, 0.6) is 5.75 Å². The Morgan fingerprint density at radius 1 is 1.14 bits per heavy atom. The molecule has 2 aromatic carbocycles. The van der Waals surface area contributed by atoms with Crippen molar-refractivity contribution in [3.05, 3.63) is 36.4 Å². The molecular weight excluding hydrogens is 304 g/mol. The van der Waals surface area contributed by atoms with Gasteiger partial charge < -0.3 is 4.74 Å².